The molecule has 1 aliphatic carbocycles. The maximum Gasteiger partial charge on any atom is 0.0546 e. The fourth-order valence-corrected chi connectivity index (χ4v) is 9.59. The van der Waals surface area contributed by atoms with Crippen LogP contribution in [0.15, 0.2) is 218 Å². The van der Waals surface area contributed by atoms with E-state index >= 15 is 0 Å². The molecule has 0 N–H and O–H groups in total. The Balaban J connectivity index is 1.19. The molecule has 1 aliphatic rings. The highest BCUT2D eigenvalue weighted by Crippen LogP contribution is 2.52. The van der Waals surface area contributed by atoms with Crippen molar-refractivity contribution in [2.24, 2.45) is 0 Å². The van der Waals surface area contributed by atoms with Crippen LogP contribution in [-0.2, 0) is 5.41 Å². The van der Waals surface area contributed by atoms with Crippen LogP contribution in [0.5, 0.6) is 0 Å². The number of fused-ring (bicyclic) bond motifs is 6. The zero-order valence-electron chi connectivity index (χ0n) is 33.2. The van der Waals surface area contributed by atoms with E-state index in [1.54, 1.807) is 0 Å². The Morgan fingerprint density at radius 3 is 1.80 bits per heavy atom. The van der Waals surface area contributed by atoms with Gasteiger partial charge in [0.05, 0.1) is 16.7 Å². The highest BCUT2D eigenvalue weighted by Gasteiger charge is 2.36. The highest BCUT2D eigenvalue weighted by molar-refractivity contribution is 6.11. The molecule has 2 nitrogen and oxygen atoms in total. The molecule has 9 aromatic carbocycles. The Morgan fingerprint density at radius 2 is 0.983 bits per heavy atom. The zero-order valence-corrected chi connectivity index (χ0v) is 33.2. The number of hydrogen-bond donors (Lipinski definition) is 0. The topological polar surface area (TPSA) is 8.17 Å². The number of para-hydroxylation sites is 2. The van der Waals surface area contributed by atoms with Gasteiger partial charge in [-0.3, -0.25) is 0 Å². The van der Waals surface area contributed by atoms with Gasteiger partial charge in [0.2, 0.25) is 0 Å². The van der Waals surface area contributed by atoms with Crippen molar-refractivity contribution < 1.29 is 0 Å². The third-order valence-electron chi connectivity index (χ3n) is 12.4. The van der Waals surface area contributed by atoms with Gasteiger partial charge in [-0.25, -0.2) is 0 Å². The van der Waals surface area contributed by atoms with Gasteiger partial charge in [-0.1, -0.05) is 172 Å². The van der Waals surface area contributed by atoms with E-state index < -0.39 is 0 Å². The lowest BCUT2D eigenvalue weighted by Gasteiger charge is -2.31. The number of aromatic nitrogens is 1. The molecular formula is C57H42N2. The summed E-state index contributed by atoms with van der Waals surface area (Å²) < 4.78 is 2.39. The molecule has 280 valence electrons. The Bertz CT molecular complexity index is 3170. The summed E-state index contributed by atoms with van der Waals surface area (Å²) in [6, 6.07) is 80.0. The first kappa shape index (κ1) is 34.8. The van der Waals surface area contributed by atoms with E-state index in [9.17, 15) is 0 Å². The molecule has 1 aromatic heterocycles. The monoisotopic (exact) mass is 754 g/mol. The van der Waals surface area contributed by atoms with E-state index in [-0.39, 0.29) is 5.41 Å². The maximum atomic E-state index is 2.49. The summed E-state index contributed by atoms with van der Waals surface area (Å²) >= 11 is 0. The summed E-state index contributed by atoms with van der Waals surface area (Å²) in [4.78, 5) is 2.49. The van der Waals surface area contributed by atoms with Gasteiger partial charge in [0.25, 0.3) is 0 Å². The van der Waals surface area contributed by atoms with E-state index in [1.165, 1.54) is 77.4 Å². The lowest BCUT2D eigenvalue weighted by atomic mass is 9.82. The molecule has 1 heterocycles. The van der Waals surface area contributed by atoms with E-state index in [2.05, 4.69) is 242 Å². The molecule has 0 atom stereocenters. The molecule has 0 saturated carbocycles. The van der Waals surface area contributed by atoms with Crippen molar-refractivity contribution >= 4 is 38.9 Å². The maximum absolute atomic E-state index is 2.49. The minimum absolute atomic E-state index is 0.147. The zero-order chi connectivity index (χ0) is 39.5. The fraction of sp³-hybridized carbons (Fsp3) is 0.0526. The van der Waals surface area contributed by atoms with Gasteiger partial charge >= 0.3 is 0 Å². The van der Waals surface area contributed by atoms with Gasteiger partial charge in [0, 0.05) is 38.8 Å². The Kier molecular flexibility index (Phi) is 8.20. The predicted octanol–water partition coefficient (Wildman–Crippen LogP) is 15.6. The van der Waals surface area contributed by atoms with Crippen LogP contribution in [0.2, 0.25) is 0 Å². The van der Waals surface area contributed by atoms with Crippen molar-refractivity contribution in [2.75, 3.05) is 4.90 Å². The summed E-state index contributed by atoms with van der Waals surface area (Å²) in [7, 11) is 0. The smallest absolute Gasteiger partial charge is 0.0546 e. The molecule has 0 bridgehead atoms. The van der Waals surface area contributed by atoms with Gasteiger partial charge in [-0.15, -0.1) is 0 Å². The molecule has 0 radical (unpaired) electrons. The van der Waals surface area contributed by atoms with Crippen molar-refractivity contribution in [3.63, 3.8) is 0 Å². The molecule has 0 saturated heterocycles. The molecule has 10 aromatic rings. The van der Waals surface area contributed by atoms with Crippen LogP contribution >= 0.6 is 0 Å². The van der Waals surface area contributed by atoms with Crippen molar-refractivity contribution in [2.45, 2.75) is 19.3 Å². The summed E-state index contributed by atoms with van der Waals surface area (Å²) in [5, 5.41) is 2.46. The summed E-state index contributed by atoms with van der Waals surface area (Å²) in [6.07, 6.45) is 0. The number of rotatable bonds is 7. The molecule has 59 heavy (non-hydrogen) atoms. The minimum atomic E-state index is -0.147. The molecule has 0 fully saturated rings. The summed E-state index contributed by atoms with van der Waals surface area (Å²) in [5.41, 5.74) is 19.2. The van der Waals surface area contributed by atoms with Gasteiger partial charge in [0.15, 0.2) is 0 Å². The molecule has 2 heteroatoms. The van der Waals surface area contributed by atoms with Crippen molar-refractivity contribution in [1.29, 1.82) is 0 Å². The minimum Gasteiger partial charge on any atom is -0.310 e. The van der Waals surface area contributed by atoms with Gasteiger partial charge < -0.3 is 9.47 Å². The van der Waals surface area contributed by atoms with Crippen LogP contribution in [0.25, 0.3) is 72.0 Å². The second-order valence-corrected chi connectivity index (χ2v) is 16.1. The van der Waals surface area contributed by atoms with Crippen molar-refractivity contribution in [3.05, 3.63) is 230 Å². The average molecular weight is 755 g/mol. The predicted molar refractivity (Wildman–Crippen MR) is 249 cm³/mol. The number of benzene rings is 9. The molecule has 0 unspecified atom stereocenters. The van der Waals surface area contributed by atoms with E-state index in [4.69, 9.17) is 0 Å². The van der Waals surface area contributed by atoms with E-state index in [1.807, 2.05) is 0 Å². The van der Waals surface area contributed by atoms with E-state index in [0.29, 0.717) is 0 Å². The highest BCUT2D eigenvalue weighted by atomic mass is 15.1. The first-order chi connectivity index (χ1) is 29.0. The van der Waals surface area contributed by atoms with Crippen LogP contribution < -0.4 is 4.90 Å². The Morgan fingerprint density at radius 1 is 0.373 bits per heavy atom. The SMILES string of the molecule is CC1(C)c2ccccc2-c2ccc(N(c3cccc(-c4ccccc4)c3)c3cccc(-c4ccccc4)c3-c3ccc4c(c3)c3ccccc3n4-c3ccccc3)cc21. The Hall–Kier alpha value is -7.42. The molecule has 11 rings (SSSR count). The number of anilines is 3. The third-order valence-corrected chi connectivity index (χ3v) is 12.4. The summed E-state index contributed by atoms with van der Waals surface area (Å²) in [5.74, 6) is 0. The second kappa shape index (κ2) is 13.9. The fourth-order valence-electron chi connectivity index (χ4n) is 9.59. The molecule has 0 spiro atoms. The number of nitrogens with zero attached hydrogens (tertiary/aromatic N) is 2. The normalized spacial score (nSPS) is 12.7. The molecular weight excluding hydrogens is 713 g/mol. The third kappa shape index (κ3) is 5.71. The Labute approximate surface area is 345 Å². The lowest BCUT2D eigenvalue weighted by Crippen LogP contribution is -2.17. The van der Waals surface area contributed by atoms with Crippen LogP contribution in [0, 0.1) is 0 Å². The van der Waals surface area contributed by atoms with Crippen LogP contribution in [0.1, 0.15) is 25.0 Å². The standard InChI is InChI=1S/C57H42N2/c1-57(2)51-29-14-12-26-47(51)48-34-33-45(38-52(48)57)58(44-25-16-22-41(36-44)39-18-6-3-7-19-39)55-31-17-28-46(40-20-8-4-9-21-40)56(55)42-32-35-54-50(37-42)49-27-13-15-30-53(49)59(54)43-23-10-5-11-24-43/h3-38H,1-2H3. The van der Waals surface area contributed by atoms with Crippen LogP contribution in [-0.4, -0.2) is 4.57 Å². The van der Waals surface area contributed by atoms with Gasteiger partial charge in [0.1, 0.15) is 0 Å². The van der Waals surface area contributed by atoms with E-state index in [0.717, 1.165) is 22.7 Å². The van der Waals surface area contributed by atoms with Crippen molar-refractivity contribution in [3.8, 4) is 50.2 Å². The second-order valence-electron chi connectivity index (χ2n) is 16.1. The first-order valence-electron chi connectivity index (χ1n) is 20.5. The first-order valence-corrected chi connectivity index (χ1v) is 20.5. The van der Waals surface area contributed by atoms with Crippen LogP contribution in [0.4, 0.5) is 17.1 Å². The van der Waals surface area contributed by atoms with Crippen LogP contribution in [0.3, 0.4) is 0 Å². The molecule has 0 amide bonds. The van der Waals surface area contributed by atoms with Crippen molar-refractivity contribution in [1.82, 2.24) is 4.57 Å². The molecule has 0 aliphatic heterocycles. The quantitative estimate of drug-likeness (QED) is 0.157. The van der Waals surface area contributed by atoms with Gasteiger partial charge in [-0.2, -0.15) is 0 Å². The van der Waals surface area contributed by atoms with Gasteiger partial charge in [-0.05, 0) is 111 Å². The summed E-state index contributed by atoms with van der Waals surface area (Å²) in [6.45, 7) is 4.73. The lowest BCUT2D eigenvalue weighted by molar-refractivity contribution is 0.660. The average Bonchev–Trinajstić information content (AvgIpc) is 3.75. The number of hydrogen-bond acceptors (Lipinski definition) is 1. The largest absolute Gasteiger partial charge is 0.310 e.